The van der Waals surface area contributed by atoms with Gasteiger partial charge in [-0.3, -0.25) is 0 Å². The van der Waals surface area contributed by atoms with Crippen LogP contribution in [-0.4, -0.2) is 40.1 Å². The first-order chi connectivity index (χ1) is 9.36. The van der Waals surface area contributed by atoms with Gasteiger partial charge in [-0.05, 0) is 24.6 Å². The maximum Gasteiger partial charge on any atom is 0.338 e. The number of sulfone groups is 1. The number of hydrogen-bond donors (Lipinski definition) is 0. The fourth-order valence-corrected chi connectivity index (χ4v) is 3.12. The van der Waals surface area contributed by atoms with Gasteiger partial charge in [0.15, 0.2) is 9.84 Å². The molecule has 0 N–H and O–H groups in total. The Labute approximate surface area is 117 Å². The average Bonchev–Trinajstić information content (AvgIpc) is 2.89. The van der Waals surface area contributed by atoms with Crippen molar-refractivity contribution in [2.75, 3.05) is 20.0 Å². The highest BCUT2D eigenvalue weighted by molar-refractivity contribution is 7.90. The van der Waals surface area contributed by atoms with Crippen molar-refractivity contribution in [3.63, 3.8) is 0 Å². The molecule has 1 aromatic carbocycles. The third kappa shape index (κ3) is 2.53. The van der Waals surface area contributed by atoms with E-state index >= 15 is 0 Å². The lowest BCUT2D eigenvalue weighted by molar-refractivity contribution is 0.0599. The summed E-state index contributed by atoms with van der Waals surface area (Å²) < 4.78 is 28.5. The highest BCUT2D eigenvalue weighted by Gasteiger charge is 2.25. The minimum Gasteiger partial charge on any atom is -0.465 e. The Bertz CT molecular complexity index is 691. The predicted molar refractivity (Wildman–Crippen MR) is 72.7 cm³/mol. The number of nitrogens with zero attached hydrogens (tertiary/aromatic N) is 1. The van der Waals surface area contributed by atoms with Crippen LogP contribution in [0.15, 0.2) is 22.2 Å². The molecule has 1 aromatic rings. The summed E-state index contributed by atoms with van der Waals surface area (Å²) in [6.45, 7) is 2.08. The monoisotopic (exact) mass is 297 g/mol. The zero-order valence-corrected chi connectivity index (χ0v) is 12.3. The van der Waals surface area contributed by atoms with Crippen molar-refractivity contribution in [3.8, 4) is 0 Å². The molecule has 0 fully saturated rings. The van der Waals surface area contributed by atoms with E-state index < -0.39 is 15.8 Å². The fraction of sp³-hybridized carbons (Fsp3) is 0.385. The minimum absolute atomic E-state index is 0.145. The van der Waals surface area contributed by atoms with Gasteiger partial charge in [-0.1, -0.05) is 5.16 Å². The van der Waals surface area contributed by atoms with E-state index in [1.807, 2.05) is 0 Å². The van der Waals surface area contributed by atoms with Gasteiger partial charge in [0.25, 0.3) is 0 Å². The summed E-state index contributed by atoms with van der Waals surface area (Å²) in [7, 11) is -2.15. The second kappa shape index (κ2) is 5.24. The second-order valence-electron chi connectivity index (χ2n) is 4.50. The first-order valence-corrected chi connectivity index (χ1v) is 7.86. The van der Waals surface area contributed by atoms with Gasteiger partial charge in [-0.2, -0.15) is 0 Å². The molecular formula is C13H15NO5S. The molecule has 0 aliphatic carbocycles. The van der Waals surface area contributed by atoms with Crippen LogP contribution in [0.3, 0.4) is 0 Å². The topological polar surface area (TPSA) is 82.0 Å². The number of hydrogen-bond acceptors (Lipinski definition) is 6. The highest BCUT2D eigenvalue weighted by Crippen LogP contribution is 2.26. The number of oxime groups is 1. The van der Waals surface area contributed by atoms with Crippen molar-refractivity contribution >= 4 is 21.5 Å². The molecule has 20 heavy (non-hydrogen) atoms. The van der Waals surface area contributed by atoms with E-state index in [9.17, 15) is 13.2 Å². The number of carbonyl (C=O) groups is 1. The first-order valence-electron chi connectivity index (χ1n) is 5.97. The number of benzene rings is 1. The standard InChI is InChI=1S/C13H15NO5S/c1-8-9(13(15)18-2)4-5-11(20(3,16)17)12(8)10-6-7-19-14-10/h4-5H,6-7H2,1-3H3. The molecule has 108 valence electrons. The molecule has 0 radical (unpaired) electrons. The van der Waals surface area contributed by atoms with Crippen LogP contribution in [-0.2, 0) is 19.4 Å². The number of ether oxygens (including phenoxy) is 1. The zero-order valence-electron chi connectivity index (χ0n) is 11.5. The van der Waals surface area contributed by atoms with Gasteiger partial charge in [0.1, 0.15) is 6.61 Å². The molecule has 0 saturated heterocycles. The van der Waals surface area contributed by atoms with E-state index in [4.69, 9.17) is 9.57 Å². The highest BCUT2D eigenvalue weighted by atomic mass is 32.2. The summed E-state index contributed by atoms with van der Waals surface area (Å²) in [6, 6.07) is 2.86. The van der Waals surface area contributed by atoms with Crippen LogP contribution in [0, 0.1) is 6.92 Å². The quantitative estimate of drug-likeness (QED) is 0.786. The van der Waals surface area contributed by atoms with Crippen molar-refractivity contribution in [3.05, 3.63) is 28.8 Å². The molecule has 0 aromatic heterocycles. The SMILES string of the molecule is COC(=O)c1ccc(S(C)(=O)=O)c(C2=NOCC2)c1C. The Morgan fingerprint density at radius 1 is 1.40 bits per heavy atom. The summed E-state index contributed by atoms with van der Waals surface area (Å²) in [4.78, 5) is 16.8. The Morgan fingerprint density at radius 2 is 2.10 bits per heavy atom. The van der Waals surface area contributed by atoms with Crippen molar-refractivity contribution in [1.29, 1.82) is 0 Å². The maximum absolute atomic E-state index is 11.9. The molecule has 0 amide bonds. The van der Waals surface area contributed by atoms with E-state index in [0.717, 1.165) is 6.26 Å². The molecule has 2 rings (SSSR count). The Kier molecular flexibility index (Phi) is 3.80. The number of esters is 1. The third-order valence-electron chi connectivity index (χ3n) is 3.13. The summed E-state index contributed by atoms with van der Waals surface area (Å²) in [5, 5.41) is 3.87. The average molecular weight is 297 g/mol. The van der Waals surface area contributed by atoms with Crippen LogP contribution in [0.5, 0.6) is 0 Å². The number of carbonyl (C=O) groups excluding carboxylic acids is 1. The van der Waals surface area contributed by atoms with E-state index in [1.54, 1.807) is 6.92 Å². The van der Waals surface area contributed by atoms with Crippen LogP contribution < -0.4 is 0 Å². The lowest BCUT2D eigenvalue weighted by Crippen LogP contribution is -2.14. The Balaban J connectivity index is 2.73. The Morgan fingerprint density at radius 3 is 2.60 bits per heavy atom. The molecule has 0 spiro atoms. The maximum atomic E-state index is 11.9. The van der Waals surface area contributed by atoms with Gasteiger partial charge in [0.2, 0.25) is 0 Å². The summed E-state index contributed by atoms with van der Waals surface area (Å²) in [6.07, 6.45) is 1.63. The van der Waals surface area contributed by atoms with Gasteiger partial charge in [0.05, 0.1) is 23.3 Å². The van der Waals surface area contributed by atoms with Crippen molar-refractivity contribution in [2.24, 2.45) is 5.16 Å². The van der Waals surface area contributed by atoms with Gasteiger partial charge in [0, 0.05) is 18.2 Å². The summed E-state index contributed by atoms with van der Waals surface area (Å²) in [5.74, 6) is -0.511. The fourth-order valence-electron chi connectivity index (χ4n) is 2.17. The zero-order chi connectivity index (χ0) is 14.9. The van der Waals surface area contributed by atoms with E-state index in [0.29, 0.717) is 35.4 Å². The third-order valence-corrected chi connectivity index (χ3v) is 4.26. The molecule has 1 aliphatic rings. The van der Waals surface area contributed by atoms with Gasteiger partial charge < -0.3 is 9.57 Å². The molecule has 0 bridgehead atoms. The van der Waals surface area contributed by atoms with Crippen LogP contribution in [0.2, 0.25) is 0 Å². The van der Waals surface area contributed by atoms with Gasteiger partial charge in [-0.25, -0.2) is 13.2 Å². The van der Waals surface area contributed by atoms with E-state index in [-0.39, 0.29) is 4.90 Å². The molecule has 0 saturated carbocycles. The van der Waals surface area contributed by atoms with E-state index in [2.05, 4.69) is 5.16 Å². The van der Waals surface area contributed by atoms with Gasteiger partial charge >= 0.3 is 5.97 Å². The van der Waals surface area contributed by atoms with Crippen LogP contribution >= 0.6 is 0 Å². The van der Waals surface area contributed by atoms with Crippen LogP contribution in [0.25, 0.3) is 0 Å². The second-order valence-corrected chi connectivity index (χ2v) is 6.48. The number of rotatable bonds is 3. The Hall–Kier alpha value is -1.89. The lowest BCUT2D eigenvalue weighted by atomic mass is 9.97. The molecule has 7 heteroatoms. The van der Waals surface area contributed by atoms with Crippen molar-refractivity contribution < 1.29 is 22.8 Å². The van der Waals surface area contributed by atoms with Crippen LogP contribution in [0.1, 0.15) is 27.9 Å². The number of methoxy groups -OCH3 is 1. The summed E-state index contributed by atoms with van der Waals surface area (Å²) in [5.41, 5.74) is 1.83. The molecular weight excluding hydrogens is 282 g/mol. The molecule has 0 unspecified atom stereocenters. The largest absolute Gasteiger partial charge is 0.465 e. The molecule has 1 aliphatic heterocycles. The lowest BCUT2D eigenvalue weighted by Gasteiger charge is -2.13. The van der Waals surface area contributed by atoms with Crippen molar-refractivity contribution in [1.82, 2.24) is 0 Å². The molecule has 0 atom stereocenters. The normalized spacial score (nSPS) is 14.7. The molecule has 1 heterocycles. The van der Waals surface area contributed by atoms with Crippen LogP contribution in [0.4, 0.5) is 0 Å². The first kappa shape index (κ1) is 14.5. The predicted octanol–water partition coefficient (Wildman–Crippen LogP) is 1.31. The smallest absolute Gasteiger partial charge is 0.338 e. The molecule has 6 nitrogen and oxygen atoms in total. The summed E-state index contributed by atoms with van der Waals surface area (Å²) >= 11 is 0. The van der Waals surface area contributed by atoms with E-state index in [1.165, 1.54) is 19.2 Å². The minimum atomic E-state index is -3.43. The van der Waals surface area contributed by atoms with Gasteiger partial charge in [-0.15, -0.1) is 0 Å². The van der Waals surface area contributed by atoms with Crippen molar-refractivity contribution in [2.45, 2.75) is 18.2 Å².